The van der Waals surface area contributed by atoms with Gasteiger partial charge in [-0.25, -0.2) is 9.18 Å². The van der Waals surface area contributed by atoms with Crippen LogP contribution in [0.25, 0.3) is 0 Å². The third kappa shape index (κ3) is 3.16. The number of nitrogens with zero attached hydrogens (tertiary/aromatic N) is 2. The molecule has 1 heterocycles. The van der Waals surface area contributed by atoms with E-state index in [0.717, 1.165) is 17.0 Å². The van der Waals surface area contributed by atoms with E-state index >= 15 is 0 Å². The fourth-order valence-corrected chi connectivity index (χ4v) is 2.63. The van der Waals surface area contributed by atoms with Gasteiger partial charge in [-0.15, -0.1) is 0 Å². The van der Waals surface area contributed by atoms with Crippen LogP contribution in [0.2, 0.25) is 5.02 Å². The molecular weight excluding hydrogens is 319 g/mol. The molecule has 0 bridgehead atoms. The number of benzene rings is 1. The first-order valence-corrected chi connectivity index (χ1v) is 6.83. The Bertz CT molecular complexity index is 652. The summed E-state index contributed by atoms with van der Waals surface area (Å²) in [4.78, 5) is 34.6. The molecule has 1 N–H and O–H groups in total. The molecule has 1 saturated heterocycles. The number of rotatable bonds is 4. The fourth-order valence-electron chi connectivity index (χ4n) is 2.48. The Morgan fingerprint density at radius 2 is 2.18 bits per heavy atom. The maximum Gasteiger partial charge on any atom is 0.326 e. The Labute approximate surface area is 129 Å². The standard InChI is InChI=1S/C13H12ClFN2O5/c14-8-6-11(17(21)22)7(4-9(8)15)5-12(18)16-3-1-2-10(16)13(19)20/h4,6,10H,1-3,5H2,(H,19,20). The maximum atomic E-state index is 13.5. The molecule has 9 heteroatoms. The topological polar surface area (TPSA) is 101 Å². The number of nitro groups is 1. The molecule has 1 aromatic rings. The summed E-state index contributed by atoms with van der Waals surface area (Å²) in [5, 5.41) is 19.6. The molecule has 0 spiro atoms. The summed E-state index contributed by atoms with van der Waals surface area (Å²) in [7, 11) is 0. The van der Waals surface area contributed by atoms with Crippen molar-refractivity contribution < 1.29 is 24.0 Å². The lowest BCUT2D eigenvalue weighted by molar-refractivity contribution is -0.385. The molecule has 0 aromatic heterocycles. The Kier molecular flexibility index (Phi) is 4.60. The minimum atomic E-state index is -1.12. The van der Waals surface area contributed by atoms with Crippen molar-refractivity contribution >= 4 is 29.2 Å². The smallest absolute Gasteiger partial charge is 0.326 e. The van der Waals surface area contributed by atoms with Crippen LogP contribution in [0.4, 0.5) is 10.1 Å². The first-order valence-electron chi connectivity index (χ1n) is 6.46. The Morgan fingerprint density at radius 3 is 2.77 bits per heavy atom. The number of aliphatic carboxylic acids is 1. The average molecular weight is 331 g/mol. The number of carbonyl (C=O) groups excluding carboxylic acids is 1. The van der Waals surface area contributed by atoms with Gasteiger partial charge in [-0.1, -0.05) is 11.6 Å². The van der Waals surface area contributed by atoms with Crippen molar-refractivity contribution in [3.8, 4) is 0 Å². The van der Waals surface area contributed by atoms with Gasteiger partial charge < -0.3 is 10.0 Å². The molecule has 1 amide bonds. The lowest BCUT2D eigenvalue weighted by Gasteiger charge is -2.21. The molecule has 1 fully saturated rings. The predicted molar refractivity (Wildman–Crippen MR) is 74.1 cm³/mol. The lowest BCUT2D eigenvalue weighted by Crippen LogP contribution is -2.41. The van der Waals surface area contributed by atoms with Crippen LogP contribution in [-0.4, -0.2) is 39.4 Å². The highest BCUT2D eigenvalue weighted by Gasteiger charge is 2.34. The normalized spacial score (nSPS) is 17.5. The van der Waals surface area contributed by atoms with Gasteiger partial charge in [0.15, 0.2) is 0 Å². The van der Waals surface area contributed by atoms with E-state index in [2.05, 4.69) is 0 Å². The maximum absolute atomic E-state index is 13.5. The molecule has 0 radical (unpaired) electrons. The van der Waals surface area contributed by atoms with Crippen LogP contribution in [0.3, 0.4) is 0 Å². The van der Waals surface area contributed by atoms with Crippen molar-refractivity contribution in [3.05, 3.63) is 38.7 Å². The SMILES string of the molecule is O=C(O)C1CCCN1C(=O)Cc1cc(F)c(Cl)cc1[N+](=O)[O-]. The number of likely N-dealkylation sites (tertiary alicyclic amines) is 1. The number of carboxylic acids is 1. The molecule has 2 rings (SSSR count). The van der Waals surface area contributed by atoms with Crippen molar-refractivity contribution in [1.29, 1.82) is 0 Å². The predicted octanol–water partition coefficient (Wildman–Crippen LogP) is 2.01. The van der Waals surface area contributed by atoms with E-state index < -0.39 is 45.8 Å². The summed E-state index contributed by atoms with van der Waals surface area (Å²) in [6, 6.07) is 0.742. The van der Waals surface area contributed by atoms with Gasteiger partial charge in [0.25, 0.3) is 5.69 Å². The van der Waals surface area contributed by atoms with E-state index in [1.807, 2.05) is 0 Å². The van der Waals surface area contributed by atoms with Crippen molar-refractivity contribution in [3.63, 3.8) is 0 Å². The zero-order valence-electron chi connectivity index (χ0n) is 11.3. The number of nitro benzene ring substituents is 1. The third-order valence-corrected chi connectivity index (χ3v) is 3.81. The Hall–Kier alpha value is -2.22. The van der Waals surface area contributed by atoms with Crippen LogP contribution in [0, 0.1) is 15.9 Å². The van der Waals surface area contributed by atoms with Crippen molar-refractivity contribution in [2.24, 2.45) is 0 Å². The van der Waals surface area contributed by atoms with Crippen LogP contribution >= 0.6 is 11.6 Å². The molecule has 1 atom stereocenters. The van der Waals surface area contributed by atoms with Crippen LogP contribution in [0.1, 0.15) is 18.4 Å². The second kappa shape index (κ2) is 6.27. The van der Waals surface area contributed by atoms with E-state index in [4.69, 9.17) is 16.7 Å². The van der Waals surface area contributed by atoms with Crippen molar-refractivity contribution in [2.75, 3.05) is 6.54 Å². The summed E-state index contributed by atoms with van der Waals surface area (Å²) in [5.74, 6) is -2.58. The van der Waals surface area contributed by atoms with Crippen LogP contribution in [0.5, 0.6) is 0 Å². The number of carbonyl (C=O) groups is 2. The third-order valence-electron chi connectivity index (χ3n) is 3.52. The molecule has 0 aliphatic carbocycles. The van der Waals surface area contributed by atoms with Crippen molar-refractivity contribution in [1.82, 2.24) is 4.90 Å². The molecule has 0 saturated carbocycles. The van der Waals surface area contributed by atoms with Gasteiger partial charge in [0.05, 0.1) is 16.4 Å². The summed E-state index contributed by atoms with van der Waals surface area (Å²) in [5.41, 5.74) is -0.598. The number of hydrogen-bond donors (Lipinski definition) is 1. The largest absolute Gasteiger partial charge is 0.480 e. The van der Waals surface area contributed by atoms with Crippen LogP contribution < -0.4 is 0 Å². The highest BCUT2D eigenvalue weighted by atomic mass is 35.5. The molecule has 1 aromatic carbocycles. The summed E-state index contributed by atoms with van der Waals surface area (Å²) in [6.07, 6.45) is 0.423. The quantitative estimate of drug-likeness (QED) is 0.672. The van der Waals surface area contributed by atoms with Crippen molar-refractivity contribution in [2.45, 2.75) is 25.3 Å². The van der Waals surface area contributed by atoms with Gasteiger partial charge in [-0.3, -0.25) is 14.9 Å². The molecule has 1 aliphatic rings. The molecule has 7 nitrogen and oxygen atoms in total. The fraction of sp³-hybridized carbons (Fsp3) is 0.385. The highest BCUT2D eigenvalue weighted by molar-refractivity contribution is 6.31. The van der Waals surface area contributed by atoms with E-state index in [0.29, 0.717) is 12.8 Å². The molecule has 22 heavy (non-hydrogen) atoms. The second-order valence-corrected chi connectivity index (χ2v) is 5.32. The number of carboxylic acid groups (broad SMARTS) is 1. The van der Waals surface area contributed by atoms with Gasteiger partial charge in [0.2, 0.25) is 5.91 Å². The van der Waals surface area contributed by atoms with E-state index in [-0.39, 0.29) is 12.1 Å². The van der Waals surface area contributed by atoms with Crippen LogP contribution in [-0.2, 0) is 16.0 Å². The van der Waals surface area contributed by atoms with Gasteiger partial charge >= 0.3 is 5.97 Å². The summed E-state index contributed by atoms with van der Waals surface area (Å²) < 4.78 is 13.5. The average Bonchev–Trinajstić information content (AvgIpc) is 2.91. The first kappa shape index (κ1) is 16.2. The van der Waals surface area contributed by atoms with Gasteiger partial charge in [-0.05, 0) is 18.9 Å². The summed E-state index contributed by atoms with van der Waals surface area (Å²) >= 11 is 5.51. The number of halogens is 2. The molecular formula is C13H12ClFN2O5. The Balaban J connectivity index is 2.26. The molecule has 1 aliphatic heterocycles. The van der Waals surface area contributed by atoms with Gasteiger partial charge in [-0.2, -0.15) is 0 Å². The van der Waals surface area contributed by atoms with Crippen LogP contribution in [0.15, 0.2) is 12.1 Å². The zero-order valence-corrected chi connectivity index (χ0v) is 12.0. The minimum absolute atomic E-state index is 0.132. The highest BCUT2D eigenvalue weighted by Crippen LogP contribution is 2.28. The molecule has 1 unspecified atom stereocenters. The second-order valence-electron chi connectivity index (χ2n) is 4.91. The zero-order chi connectivity index (χ0) is 16.4. The minimum Gasteiger partial charge on any atom is -0.480 e. The Morgan fingerprint density at radius 1 is 1.50 bits per heavy atom. The van der Waals surface area contributed by atoms with Gasteiger partial charge in [0, 0.05) is 18.2 Å². The lowest BCUT2D eigenvalue weighted by atomic mass is 10.1. The van der Waals surface area contributed by atoms with E-state index in [1.54, 1.807) is 0 Å². The molecule has 118 valence electrons. The van der Waals surface area contributed by atoms with E-state index in [9.17, 15) is 24.1 Å². The van der Waals surface area contributed by atoms with E-state index in [1.165, 1.54) is 0 Å². The number of amides is 1. The first-order chi connectivity index (χ1) is 10.3. The van der Waals surface area contributed by atoms with Gasteiger partial charge in [0.1, 0.15) is 11.9 Å². The summed E-state index contributed by atoms with van der Waals surface area (Å²) in [6.45, 7) is 0.264. The number of hydrogen-bond acceptors (Lipinski definition) is 4. The monoisotopic (exact) mass is 330 g/mol.